The van der Waals surface area contributed by atoms with E-state index in [1.54, 1.807) is 32.4 Å². The number of carbonyl (C=O) groups is 1. The van der Waals surface area contributed by atoms with Gasteiger partial charge in [-0.3, -0.25) is 0 Å². The number of piperazine rings is 1. The number of hydrogen-bond donors (Lipinski definition) is 2. The van der Waals surface area contributed by atoms with Crippen LogP contribution in [0.3, 0.4) is 0 Å². The van der Waals surface area contributed by atoms with Crippen LogP contribution in [0.4, 0.5) is 21.9 Å². The Balaban J connectivity index is 1.63. The van der Waals surface area contributed by atoms with Gasteiger partial charge in [-0.25, -0.2) is 4.79 Å². The van der Waals surface area contributed by atoms with Crippen molar-refractivity contribution in [3.05, 3.63) is 42.5 Å². The monoisotopic (exact) mass is 370 g/mol. The molecule has 0 bridgehead atoms. The molecule has 3 rings (SSSR count). The van der Waals surface area contributed by atoms with Crippen LogP contribution in [0.5, 0.6) is 11.5 Å². The van der Waals surface area contributed by atoms with Gasteiger partial charge >= 0.3 is 6.03 Å². The van der Waals surface area contributed by atoms with Crippen molar-refractivity contribution in [2.75, 3.05) is 63.0 Å². The van der Waals surface area contributed by atoms with E-state index in [0.717, 1.165) is 31.9 Å². The van der Waals surface area contributed by atoms with E-state index in [1.165, 1.54) is 5.69 Å². The maximum Gasteiger partial charge on any atom is 0.323 e. The summed E-state index contributed by atoms with van der Waals surface area (Å²) >= 11 is 0. The summed E-state index contributed by atoms with van der Waals surface area (Å²) in [5.74, 6) is 1.07. The number of ether oxygens (including phenoxy) is 2. The molecule has 0 saturated carbocycles. The molecule has 0 unspecified atom stereocenters. The van der Waals surface area contributed by atoms with Crippen LogP contribution in [0.1, 0.15) is 0 Å². The number of rotatable bonds is 5. The SMILES string of the molecule is COc1cccc(OC)c1NC(=O)Nc1ccc(N2CCN(C)CC2)cc1. The quantitative estimate of drug-likeness (QED) is 0.847. The van der Waals surface area contributed by atoms with Crippen LogP contribution in [0, 0.1) is 0 Å². The third-order valence-corrected chi connectivity index (χ3v) is 4.66. The fourth-order valence-corrected chi connectivity index (χ4v) is 3.07. The lowest BCUT2D eigenvalue weighted by atomic mass is 10.2. The first kappa shape index (κ1) is 18.8. The van der Waals surface area contributed by atoms with Crippen molar-refractivity contribution < 1.29 is 14.3 Å². The summed E-state index contributed by atoms with van der Waals surface area (Å²) in [7, 11) is 5.24. The van der Waals surface area contributed by atoms with Crippen molar-refractivity contribution in [2.45, 2.75) is 0 Å². The lowest BCUT2D eigenvalue weighted by Crippen LogP contribution is -2.44. The molecule has 0 aromatic heterocycles. The molecule has 2 N–H and O–H groups in total. The Bertz CT molecular complexity index is 749. The molecule has 2 aromatic rings. The second kappa shape index (κ2) is 8.64. The molecular formula is C20H26N4O3. The molecule has 0 radical (unpaired) electrons. The van der Waals surface area contributed by atoms with Crippen LogP contribution in [0.2, 0.25) is 0 Å². The van der Waals surface area contributed by atoms with Crippen molar-refractivity contribution >= 4 is 23.1 Å². The average molecular weight is 370 g/mol. The van der Waals surface area contributed by atoms with E-state index in [2.05, 4.69) is 27.5 Å². The number of benzene rings is 2. The number of carbonyl (C=O) groups excluding carboxylic acids is 1. The summed E-state index contributed by atoms with van der Waals surface area (Å²) < 4.78 is 10.6. The van der Waals surface area contributed by atoms with E-state index in [9.17, 15) is 4.79 Å². The Labute approximate surface area is 159 Å². The summed E-state index contributed by atoms with van der Waals surface area (Å²) in [6.45, 7) is 4.14. The summed E-state index contributed by atoms with van der Waals surface area (Å²) in [6.07, 6.45) is 0. The largest absolute Gasteiger partial charge is 0.494 e. The van der Waals surface area contributed by atoms with Gasteiger partial charge in [0.1, 0.15) is 17.2 Å². The van der Waals surface area contributed by atoms with E-state index in [1.807, 2.05) is 24.3 Å². The molecule has 144 valence electrons. The molecule has 2 amide bonds. The van der Waals surface area contributed by atoms with E-state index in [0.29, 0.717) is 17.2 Å². The molecule has 7 heteroatoms. The van der Waals surface area contributed by atoms with Crippen molar-refractivity contribution in [2.24, 2.45) is 0 Å². The average Bonchev–Trinajstić information content (AvgIpc) is 2.69. The van der Waals surface area contributed by atoms with Crippen molar-refractivity contribution in [1.82, 2.24) is 4.90 Å². The Morgan fingerprint density at radius 1 is 0.889 bits per heavy atom. The molecule has 7 nitrogen and oxygen atoms in total. The van der Waals surface area contributed by atoms with Gasteiger partial charge in [0, 0.05) is 37.6 Å². The van der Waals surface area contributed by atoms with Crippen LogP contribution in [0.25, 0.3) is 0 Å². The van der Waals surface area contributed by atoms with E-state index in [-0.39, 0.29) is 6.03 Å². The Hall–Kier alpha value is -2.93. The standard InChI is InChI=1S/C20H26N4O3/c1-23-11-13-24(14-12-23)16-9-7-15(8-10-16)21-20(25)22-19-17(26-2)5-4-6-18(19)27-3/h4-10H,11-14H2,1-3H3,(H2,21,22,25). The number of urea groups is 1. The van der Waals surface area contributed by atoms with Gasteiger partial charge in [-0.1, -0.05) is 6.07 Å². The zero-order chi connectivity index (χ0) is 19.2. The fraction of sp³-hybridized carbons (Fsp3) is 0.350. The molecule has 1 heterocycles. The summed E-state index contributed by atoms with van der Waals surface area (Å²) in [6, 6.07) is 12.9. The normalized spacial score (nSPS) is 14.6. The van der Waals surface area contributed by atoms with Gasteiger partial charge in [-0.2, -0.15) is 0 Å². The molecule has 1 aliphatic heterocycles. The van der Waals surface area contributed by atoms with E-state index < -0.39 is 0 Å². The van der Waals surface area contributed by atoms with Gasteiger partial charge in [-0.05, 0) is 43.4 Å². The highest BCUT2D eigenvalue weighted by molar-refractivity contribution is 6.01. The molecule has 0 atom stereocenters. The zero-order valence-electron chi connectivity index (χ0n) is 16.0. The van der Waals surface area contributed by atoms with Gasteiger partial charge in [0.05, 0.1) is 14.2 Å². The first-order valence-corrected chi connectivity index (χ1v) is 8.93. The van der Waals surface area contributed by atoms with Gasteiger partial charge < -0.3 is 29.9 Å². The van der Waals surface area contributed by atoms with Gasteiger partial charge in [0.2, 0.25) is 0 Å². The van der Waals surface area contributed by atoms with Crippen LogP contribution in [-0.4, -0.2) is 58.4 Å². The van der Waals surface area contributed by atoms with Crippen LogP contribution >= 0.6 is 0 Å². The zero-order valence-corrected chi connectivity index (χ0v) is 16.0. The molecule has 0 spiro atoms. The molecule has 0 aliphatic carbocycles. The summed E-state index contributed by atoms with van der Waals surface area (Å²) in [4.78, 5) is 17.1. The van der Waals surface area contributed by atoms with Gasteiger partial charge in [-0.15, -0.1) is 0 Å². The second-order valence-corrected chi connectivity index (χ2v) is 6.45. The Kier molecular flexibility index (Phi) is 6.03. The van der Waals surface area contributed by atoms with Gasteiger partial charge in [0.25, 0.3) is 0 Å². The molecular weight excluding hydrogens is 344 g/mol. The molecule has 1 aliphatic rings. The summed E-state index contributed by atoms with van der Waals surface area (Å²) in [5.41, 5.74) is 2.38. The number of nitrogens with one attached hydrogen (secondary N) is 2. The number of methoxy groups -OCH3 is 2. The number of anilines is 3. The number of amides is 2. The Morgan fingerprint density at radius 2 is 1.48 bits per heavy atom. The van der Waals surface area contributed by atoms with Crippen LogP contribution in [0.15, 0.2) is 42.5 Å². The predicted octanol–water partition coefficient (Wildman–Crippen LogP) is 3.10. The predicted molar refractivity (Wildman–Crippen MR) is 108 cm³/mol. The molecule has 2 aromatic carbocycles. The number of likely N-dealkylation sites (N-methyl/N-ethyl adjacent to an activating group) is 1. The third kappa shape index (κ3) is 4.62. The lowest BCUT2D eigenvalue weighted by molar-refractivity contribution is 0.262. The maximum atomic E-state index is 12.4. The smallest absolute Gasteiger partial charge is 0.323 e. The minimum Gasteiger partial charge on any atom is -0.494 e. The van der Waals surface area contributed by atoms with Gasteiger partial charge in [0.15, 0.2) is 0 Å². The molecule has 1 saturated heterocycles. The first-order valence-electron chi connectivity index (χ1n) is 8.93. The number of hydrogen-bond acceptors (Lipinski definition) is 5. The third-order valence-electron chi connectivity index (χ3n) is 4.66. The lowest BCUT2D eigenvalue weighted by Gasteiger charge is -2.34. The van der Waals surface area contributed by atoms with Crippen LogP contribution < -0.4 is 25.0 Å². The van der Waals surface area contributed by atoms with Crippen molar-refractivity contribution in [1.29, 1.82) is 0 Å². The molecule has 1 fully saturated rings. The minimum atomic E-state index is -0.356. The second-order valence-electron chi connectivity index (χ2n) is 6.45. The highest BCUT2D eigenvalue weighted by Crippen LogP contribution is 2.34. The molecule has 27 heavy (non-hydrogen) atoms. The van der Waals surface area contributed by atoms with Crippen molar-refractivity contribution in [3.63, 3.8) is 0 Å². The van der Waals surface area contributed by atoms with Crippen LogP contribution in [-0.2, 0) is 0 Å². The number of nitrogens with zero attached hydrogens (tertiary/aromatic N) is 2. The summed E-state index contributed by atoms with van der Waals surface area (Å²) in [5, 5.41) is 5.64. The minimum absolute atomic E-state index is 0.356. The topological polar surface area (TPSA) is 66.1 Å². The Morgan fingerprint density at radius 3 is 2.04 bits per heavy atom. The first-order chi connectivity index (χ1) is 13.1. The van der Waals surface area contributed by atoms with E-state index in [4.69, 9.17) is 9.47 Å². The highest BCUT2D eigenvalue weighted by Gasteiger charge is 2.15. The number of para-hydroxylation sites is 1. The van der Waals surface area contributed by atoms with E-state index >= 15 is 0 Å². The highest BCUT2D eigenvalue weighted by atomic mass is 16.5. The van der Waals surface area contributed by atoms with Crippen molar-refractivity contribution in [3.8, 4) is 11.5 Å². The maximum absolute atomic E-state index is 12.4. The fourth-order valence-electron chi connectivity index (χ4n) is 3.07.